The lowest BCUT2D eigenvalue weighted by Crippen LogP contribution is -2.59. The van der Waals surface area contributed by atoms with E-state index in [0.29, 0.717) is 11.5 Å². The maximum Gasteiger partial charge on any atom is 0.0321 e. The zero-order chi connectivity index (χ0) is 15.5. The maximum absolute atomic E-state index is 2.77. The molecule has 1 aliphatic carbocycles. The number of hydrogen-bond donors (Lipinski definition) is 0. The molecule has 0 spiro atoms. The molecule has 1 nitrogen and oxygen atoms in total. The van der Waals surface area contributed by atoms with E-state index < -0.39 is 0 Å². The molecule has 0 aromatic carbocycles. The molecule has 2 atom stereocenters. The summed E-state index contributed by atoms with van der Waals surface area (Å²) in [6.45, 7) is 22.9. The molecule has 2 unspecified atom stereocenters. The van der Waals surface area contributed by atoms with E-state index in [1.54, 1.807) is 11.1 Å². The predicted molar refractivity (Wildman–Crippen MR) is 88.9 cm³/mol. The van der Waals surface area contributed by atoms with E-state index in [0.717, 1.165) is 5.92 Å². The van der Waals surface area contributed by atoms with Crippen LogP contribution in [0.4, 0.5) is 0 Å². The van der Waals surface area contributed by atoms with Crippen molar-refractivity contribution in [1.29, 1.82) is 0 Å². The predicted octanol–water partition coefficient (Wildman–Crippen LogP) is 5.27. The first-order chi connectivity index (χ1) is 8.83. The summed E-state index contributed by atoms with van der Waals surface area (Å²) in [6, 6.07) is 0.661. The Morgan fingerprint density at radius 2 is 1.25 bits per heavy atom. The van der Waals surface area contributed by atoms with Gasteiger partial charge in [0.25, 0.3) is 0 Å². The Bertz CT molecular complexity index is 409. The van der Waals surface area contributed by atoms with Crippen LogP contribution in [0, 0.1) is 16.7 Å². The monoisotopic (exact) mass is 277 g/mol. The molecule has 2 bridgehead atoms. The molecule has 0 aromatic rings. The van der Waals surface area contributed by atoms with Crippen molar-refractivity contribution in [2.24, 2.45) is 16.7 Å². The van der Waals surface area contributed by atoms with Crippen LogP contribution < -0.4 is 0 Å². The standard InChI is InChI=1S/C19H35N/c1-17(2,3)15-13-10-11-14(16(15)18(4,5)6)20(12-13)19(7,8)9/h13-14H,10-12H2,1-9H3. The van der Waals surface area contributed by atoms with Crippen LogP contribution in [0.15, 0.2) is 11.1 Å². The molecule has 0 radical (unpaired) electrons. The van der Waals surface area contributed by atoms with Crippen molar-refractivity contribution in [3.05, 3.63) is 11.1 Å². The topological polar surface area (TPSA) is 3.24 Å². The number of nitrogens with zero attached hydrogens (tertiary/aromatic N) is 1. The van der Waals surface area contributed by atoms with Gasteiger partial charge in [0.05, 0.1) is 0 Å². The van der Waals surface area contributed by atoms with Gasteiger partial charge in [-0.25, -0.2) is 0 Å². The highest BCUT2D eigenvalue weighted by Gasteiger charge is 2.48. The maximum atomic E-state index is 2.77. The lowest BCUT2D eigenvalue weighted by Gasteiger charge is -2.57. The molecule has 1 saturated heterocycles. The van der Waals surface area contributed by atoms with Gasteiger partial charge in [0.15, 0.2) is 0 Å². The second-order valence-corrected chi connectivity index (χ2v) is 9.94. The summed E-state index contributed by atoms with van der Waals surface area (Å²) in [5.74, 6) is 0.772. The Kier molecular flexibility index (Phi) is 3.70. The van der Waals surface area contributed by atoms with Crippen LogP contribution in [0.1, 0.15) is 75.2 Å². The molecule has 3 aliphatic rings. The van der Waals surface area contributed by atoms with Crippen LogP contribution in [-0.4, -0.2) is 23.0 Å². The second kappa shape index (κ2) is 4.60. The molecular formula is C19H35N. The minimum absolute atomic E-state index is 0.281. The van der Waals surface area contributed by atoms with Crippen molar-refractivity contribution in [2.45, 2.75) is 86.7 Å². The third-order valence-corrected chi connectivity index (χ3v) is 5.09. The summed E-state index contributed by atoms with van der Waals surface area (Å²) in [6.07, 6.45) is 2.75. The van der Waals surface area contributed by atoms with Crippen LogP contribution in [0.5, 0.6) is 0 Å². The third-order valence-electron chi connectivity index (χ3n) is 5.09. The fourth-order valence-electron chi connectivity index (χ4n) is 4.57. The molecule has 0 N–H and O–H groups in total. The van der Waals surface area contributed by atoms with Gasteiger partial charge in [-0.3, -0.25) is 4.90 Å². The van der Waals surface area contributed by atoms with Crippen molar-refractivity contribution in [1.82, 2.24) is 4.90 Å². The molecular weight excluding hydrogens is 242 g/mol. The summed E-state index contributed by atoms with van der Waals surface area (Å²) < 4.78 is 0. The minimum atomic E-state index is 0.281. The fourth-order valence-corrected chi connectivity index (χ4v) is 4.57. The summed E-state index contributed by atoms with van der Waals surface area (Å²) in [7, 11) is 0. The first-order valence-electron chi connectivity index (χ1n) is 8.35. The van der Waals surface area contributed by atoms with E-state index in [9.17, 15) is 0 Å². The van der Waals surface area contributed by atoms with Crippen molar-refractivity contribution in [3.8, 4) is 0 Å². The first kappa shape index (κ1) is 16.1. The van der Waals surface area contributed by atoms with E-state index >= 15 is 0 Å². The highest BCUT2D eigenvalue weighted by Crippen LogP contribution is 2.53. The molecule has 1 fully saturated rings. The smallest absolute Gasteiger partial charge is 0.0321 e. The van der Waals surface area contributed by atoms with E-state index in [1.807, 2.05) is 0 Å². The van der Waals surface area contributed by atoms with E-state index in [-0.39, 0.29) is 11.0 Å². The highest BCUT2D eigenvalue weighted by molar-refractivity contribution is 5.37. The average Bonchev–Trinajstić information content (AvgIpc) is 2.24. The molecule has 2 heterocycles. The van der Waals surface area contributed by atoms with Crippen molar-refractivity contribution in [3.63, 3.8) is 0 Å². The Labute approximate surface area is 126 Å². The van der Waals surface area contributed by atoms with Crippen LogP contribution in [0.2, 0.25) is 0 Å². The SMILES string of the molecule is CC(C)(C)C1=C(C(C)(C)C)C2CCC1CN2C(C)(C)C. The van der Waals surface area contributed by atoms with Gasteiger partial charge in [-0.2, -0.15) is 0 Å². The van der Waals surface area contributed by atoms with Gasteiger partial charge < -0.3 is 0 Å². The van der Waals surface area contributed by atoms with Gasteiger partial charge in [0.2, 0.25) is 0 Å². The van der Waals surface area contributed by atoms with Gasteiger partial charge in [-0.05, 0) is 55.9 Å². The van der Waals surface area contributed by atoms with Crippen LogP contribution in [0.3, 0.4) is 0 Å². The Morgan fingerprint density at radius 1 is 0.750 bits per heavy atom. The fraction of sp³-hybridized carbons (Fsp3) is 0.895. The normalized spacial score (nSPS) is 29.2. The van der Waals surface area contributed by atoms with Crippen LogP contribution in [-0.2, 0) is 0 Å². The van der Waals surface area contributed by atoms with Crippen LogP contribution >= 0.6 is 0 Å². The summed E-state index contributed by atoms with van der Waals surface area (Å²) in [4.78, 5) is 2.77. The molecule has 20 heavy (non-hydrogen) atoms. The lowest BCUT2D eigenvalue weighted by molar-refractivity contribution is 0.0174. The van der Waals surface area contributed by atoms with Gasteiger partial charge in [-0.15, -0.1) is 0 Å². The first-order valence-corrected chi connectivity index (χ1v) is 8.35. The molecule has 0 saturated carbocycles. The van der Waals surface area contributed by atoms with Crippen molar-refractivity contribution < 1.29 is 0 Å². The summed E-state index contributed by atoms with van der Waals surface area (Å²) >= 11 is 0. The van der Waals surface area contributed by atoms with Crippen molar-refractivity contribution >= 4 is 0 Å². The molecule has 0 amide bonds. The third kappa shape index (κ3) is 2.71. The zero-order valence-electron chi connectivity index (χ0n) is 15.2. The second-order valence-electron chi connectivity index (χ2n) is 9.94. The van der Waals surface area contributed by atoms with Crippen molar-refractivity contribution in [2.75, 3.05) is 6.54 Å². The number of piperidine rings is 1. The molecule has 1 heteroatoms. The van der Waals surface area contributed by atoms with Crippen LogP contribution in [0.25, 0.3) is 0 Å². The largest absolute Gasteiger partial charge is 0.291 e. The van der Waals surface area contributed by atoms with Gasteiger partial charge >= 0.3 is 0 Å². The Balaban J connectivity index is 2.58. The number of fused-ring (bicyclic) bond motifs is 2. The van der Waals surface area contributed by atoms with E-state index in [2.05, 4.69) is 67.2 Å². The van der Waals surface area contributed by atoms with Gasteiger partial charge in [0, 0.05) is 18.1 Å². The molecule has 2 aliphatic heterocycles. The van der Waals surface area contributed by atoms with E-state index in [4.69, 9.17) is 0 Å². The zero-order valence-corrected chi connectivity index (χ0v) is 15.2. The quantitative estimate of drug-likeness (QED) is 0.545. The van der Waals surface area contributed by atoms with Gasteiger partial charge in [-0.1, -0.05) is 47.1 Å². The summed E-state index contributed by atoms with van der Waals surface area (Å²) in [5, 5.41) is 0. The van der Waals surface area contributed by atoms with E-state index in [1.165, 1.54) is 19.4 Å². The Hall–Kier alpha value is -0.300. The molecule has 116 valence electrons. The number of hydrogen-bond acceptors (Lipinski definition) is 1. The molecule has 0 aromatic heterocycles. The molecule has 3 rings (SSSR count). The summed E-state index contributed by atoms with van der Waals surface area (Å²) in [5.41, 5.74) is 4.42. The highest BCUT2D eigenvalue weighted by atomic mass is 15.2. The lowest BCUT2D eigenvalue weighted by atomic mass is 9.60. The van der Waals surface area contributed by atoms with Gasteiger partial charge in [0.1, 0.15) is 0 Å². The average molecular weight is 277 g/mol. The minimum Gasteiger partial charge on any atom is -0.291 e. The number of rotatable bonds is 0. The Morgan fingerprint density at radius 3 is 1.65 bits per heavy atom.